The predicted octanol–water partition coefficient (Wildman–Crippen LogP) is 3.77. The van der Waals surface area contributed by atoms with Crippen LogP contribution in [0.1, 0.15) is 5.56 Å². The lowest BCUT2D eigenvalue weighted by atomic mass is 10.0. The Hall–Kier alpha value is -3.73. The van der Waals surface area contributed by atoms with Crippen LogP contribution in [0.5, 0.6) is 0 Å². The summed E-state index contributed by atoms with van der Waals surface area (Å²) in [4.78, 5) is 23.7. The maximum Gasteiger partial charge on any atom is 0.264 e. The van der Waals surface area contributed by atoms with Gasteiger partial charge in [-0.15, -0.1) is 0 Å². The lowest BCUT2D eigenvalue weighted by Crippen LogP contribution is -2.14. The molecule has 0 saturated carbocycles. The molecule has 3 aromatic carbocycles. The zero-order chi connectivity index (χ0) is 18.6. The topological polar surface area (TPSA) is 74.8 Å². The first-order valence-corrected chi connectivity index (χ1v) is 8.62. The zero-order valence-corrected chi connectivity index (χ0v) is 14.5. The van der Waals surface area contributed by atoms with Crippen molar-refractivity contribution in [2.45, 2.75) is 6.42 Å². The third-order valence-electron chi connectivity index (χ3n) is 4.35. The molecular formula is C22H17N3O2. The minimum absolute atomic E-state index is 0.0852. The van der Waals surface area contributed by atoms with Crippen LogP contribution in [-0.2, 0) is 11.2 Å². The molecule has 0 fully saturated rings. The molecule has 0 spiro atoms. The van der Waals surface area contributed by atoms with Crippen LogP contribution in [0.4, 0.5) is 5.69 Å². The van der Waals surface area contributed by atoms with Crippen molar-refractivity contribution in [1.82, 2.24) is 10.2 Å². The van der Waals surface area contributed by atoms with Crippen LogP contribution in [0, 0.1) is 0 Å². The fourth-order valence-corrected chi connectivity index (χ4v) is 3.09. The average molecular weight is 355 g/mol. The van der Waals surface area contributed by atoms with Crippen LogP contribution in [-0.4, -0.2) is 16.1 Å². The van der Waals surface area contributed by atoms with Crippen molar-refractivity contribution in [3.05, 3.63) is 94.8 Å². The summed E-state index contributed by atoms with van der Waals surface area (Å²) >= 11 is 0. The standard InChI is InChI=1S/C22H17N3O2/c26-21-12-11-20(24-25-21)17-8-4-9-18(13-17)23-22(27)14-16-7-3-6-15-5-1-2-10-19(15)16/h1-13H,14H2,(H,23,27)(H,25,26). The van der Waals surface area contributed by atoms with Gasteiger partial charge in [0, 0.05) is 17.3 Å². The highest BCUT2D eigenvalue weighted by Crippen LogP contribution is 2.21. The van der Waals surface area contributed by atoms with E-state index in [-0.39, 0.29) is 11.5 Å². The van der Waals surface area contributed by atoms with E-state index >= 15 is 0 Å². The molecule has 0 aliphatic rings. The Morgan fingerprint density at radius 1 is 0.926 bits per heavy atom. The Bertz CT molecular complexity index is 1160. The molecule has 0 aliphatic heterocycles. The Kier molecular flexibility index (Phi) is 4.49. The van der Waals surface area contributed by atoms with E-state index in [1.807, 2.05) is 66.7 Å². The lowest BCUT2D eigenvalue weighted by molar-refractivity contribution is -0.115. The largest absolute Gasteiger partial charge is 0.326 e. The van der Waals surface area contributed by atoms with Gasteiger partial charge in [0.15, 0.2) is 0 Å². The summed E-state index contributed by atoms with van der Waals surface area (Å²) < 4.78 is 0. The van der Waals surface area contributed by atoms with E-state index in [4.69, 9.17) is 0 Å². The SMILES string of the molecule is O=C(Cc1cccc2ccccc12)Nc1cccc(-c2ccc(=O)[nH]n2)c1. The maximum absolute atomic E-state index is 12.5. The summed E-state index contributed by atoms with van der Waals surface area (Å²) in [7, 11) is 0. The number of benzene rings is 3. The van der Waals surface area contributed by atoms with Gasteiger partial charge in [-0.3, -0.25) is 9.59 Å². The molecule has 1 heterocycles. The van der Waals surface area contributed by atoms with Crippen molar-refractivity contribution >= 4 is 22.4 Å². The van der Waals surface area contributed by atoms with Crippen molar-refractivity contribution in [3.63, 3.8) is 0 Å². The molecule has 0 radical (unpaired) electrons. The molecule has 1 amide bonds. The quantitative estimate of drug-likeness (QED) is 0.585. The number of amides is 1. The normalized spacial score (nSPS) is 10.7. The third-order valence-corrected chi connectivity index (χ3v) is 4.35. The lowest BCUT2D eigenvalue weighted by Gasteiger charge is -2.09. The Balaban J connectivity index is 1.54. The highest BCUT2D eigenvalue weighted by atomic mass is 16.1. The van der Waals surface area contributed by atoms with Crippen LogP contribution in [0.2, 0.25) is 0 Å². The minimum atomic E-state index is -0.252. The summed E-state index contributed by atoms with van der Waals surface area (Å²) in [5.74, 6) is -0.0852. The number of nitrogens with zero attached hydrogens (tertiary/aromatic N) is 1. The molecule has 132 valence electrons. The van der Waals surface area contributed by atoms with E-state index in [1.54, 1.807) is 6.07 Å². The minimum Gasteiger partial charge on any atom is -0.326 e. The second-order valence-corrected chi connectivity index (χ2v) is 6.25. The molecule has 5 nitrogen and oxygen atoms in total. The number of rotatable bonds is 4. The summed E-state index contributed by atoms with van der Waals surface area (Å²) in [5, 5.41) is 11.6. The molecule has 0 bridgehead atoms. The number of H-pyrrole nitrogens is 1. The van der Waals surface area contributed by atoms with E-state index in [1.165, 1.54) is 6.07 Å². The van der Waals surface area contributed by atoms with Gasteiger partial charge >= 0.3 is 0 Å². The molecule has 27 heavy (non-hydrogen) atoms. The van der Waals surface area contributed by atoms with Crippen LogP contribution < -0.4 is 10.9 Å². The second-order valence-electron chi connectivity index (χ2n) is 6.25. The molecule has 1 aromatic heterocycles. The fraction of sp³-hybridized carbons (Fsp3) is 0.0455. The van der Waals surface area contributed by atoms with E-state index in [2.05, 4.69) is 15.5 Å². The highest BCUT2D eigenvalue weighted by molar-refractivity contribution is 5.96. The fourth-order valence-electron chi connectivity index (χ4n) is 3.09. The van der Waals surface area contributed by atoms with Crippen molar-refractivity contribution < 1.29 is 4.79 Å². The first-order valence-electron chi connectivity index (χ1n) is 8.62. The Morgan fingerprint density at radius 2 is 1.74 bits per heavy atom. The van der Waals surface area contributed by atoms with Gasteiger partial charge in [0.1, 0.15) is 0 Å². The van der Waals surface area contributed by atoms with Crippen molar-refractivity contribution in [1.29, 1.82) is 0 Å². The maximum atomic E-state index is 12.5. The van der Waals surface area contributed by atoms with E-state index in [0.29, 0.717) is 17.8 Å². The van der Waals surface area contributed by atoms with Gasteiger partial charge in [0.2, 0.25) is 5.91 Å². The number of hydrogen-bond acceptors (Lipinski definition) is 3. The number of anilines is 1. The van der Waals surface area contributed by atoms with Crippen molar-refractivity contribution in [3.8, 4) is 11.3 Å². The van der Waals surface area contributed by atoms with Gasteiger partial charge in [0.25, 0.3) is 5.56 Å². The number of nitrogens with one attached hydrogen (secondary N) is 2. The van der Waals surface area contributed by atoms with Crippen LogP contribution >= 0.6 is 0 Å². The van der Waals surface area contributed by atoms with Gasteiger partial charge in [-0.1, -0.05) is 54.6 Å². The van der Waals surface area contributed by atoms with E-state index < -0.39 is 0 Å². The average Bonchev–Trinajstić information content (AvgIpc) is 2.69. The molecule has 0 atom stereocenters. The smallest absolute Gasteiger partial charge is 0.264 e. The highest BCUT2D eigenvalue weighted by Gasteiger charge is 2.08. The predicted molar refractivity (Wildman–Crippen MR) is 107 cm³/mol. The second kappa shape index (κ2) is 7.25. The summed E-state index contributed by atoms with van der Waals surface area (Å²) in [6, 6.07) is 24.5. The third kappa shape index (κ3) is 3.77. The molecule has 2 N–H and O–H groups in total. The van der Waals surface area contributed by atoms with Crippen molar-refractivity contribution in [2.75, 3.05) is 5.32 Å². The van der Waals surface area contributed by atoms with E-state index in [0.717, 1.165) is 21.9 Å². The Morgan fingerprint density at radius 3 is 2.59 bits per heavy atom. The first-order chi connectivity index (χ1) is 13.2. The molecule has 5 heteroatoms. The van der Waals surface area contributed by atoms with Crippen molar-refractivity contribution in [2.24, 2.45) is 0 Å². The number of hydrogen-bond donors (Lipinski definition) is 2. The van der Waals surface area contributed by atoms with Gasteiger partial charge < -0.3 is 5.32 Å². The molecular weight excluding hydrogens is 338 g/mol. The monoisotopic (exact) mass is 355 g/mol. The summed E-state index contributed by atoms with van der Waals surface area (Å²) in [6.07, 6.45) is 0.294. The van der Waals surface area contributed by atoms with Gasteiger partial charge in [-0.05, 0) is 34.5 Å². The van der Waals surface area contributed by atoms with Crippen LogP contribution in [0.15, 0.2) is 83.7 Å². The van der Waals surface area contributed by atoms with E-state index in [9.17, 15) is 9.59 Å². The van der Waals surface area contributed by atoms with Gasteiger partial charge in [-0.2, -0.15) is 5.10 Å². The van der Waals surface area contributed by atoms with Crippen LogP contribution in [0.3, 0.4) is 0 Å². The first kappa shape index (κ1) is 16.7. The van der Waals surface area contributed by atoms with Gasteiger partial charge in [-0.25, -0.2) is 5.10 Å². The number of aromatic amines is 1. The molecule has 4 rings (SSSR count). The number of carbonyl (C=O) groups is 1. The number of aromatic nitrogens is 2. The number of fused-ring (bicyclic) bond motifs is 1. The Labute approximate surface area is 155 Å². The van der Waals surface area contributed by atoms with Gasteiger partial charge in [0.05, 0.1) is 12.1 Å². The van der Waals surface area contributed by atoms with Crippen LogP contribution in [0.25, 0.3) is 22.0 Å². The summed E-state index contributed by atoms with van der Waals surface area (Å²) in [6.45, 7) is 0. The summed E-state index contributed by atoms with van der Waals surface area (Å²) in [5.41, 5.74) is 2.88. The molecule has 4 aromatic rings. The zero-order valence-electron chi connectivity index (χ0n) is 14.5. The number of carbonyl (C=O) groups excluding carboxylic acids is 1. The molecule has 0 saturated heterocycles. The molecule has 0 unspecified atom stereocenters. The molecule has 0 aliphatic carbocycles.